The van der Waals surface area contributed by atoms with Crippen molar-refractivity contribution < 1.29 is 14.4 Å². The molecule has 1 N–H and O–H groups in total. The molecule has 2 aromatic rings. The average Bonchev–Trinajstić information content (AvgIpc) is 2.47. The summed E-state index contributed by atoms with van der Waals surface area (Å²) in [5, 5.41) is 0. The van der Waals surface area contributed by atoms with Crippen LogP contribution in [0.3, 0.4) is 0 Å². The minimum Gasteiger partial charge on any atom is -0.457 e. The standard InChI is InChI=1S/C15H15NO3/c1-18-16-14-9-7-13(8-10-14)15(17)19-11-12-5-3-2-4-6-12/h2-10,16H,11H2,1H3. The van der Waals surface area contributed by atoms with E-state index in [4.69, 9.17) is 9.57 Å². The van der Waals surface area contributed by atoms with E-state index >= 15 is 0 Å². The minimum atomic E-state index is -0.340. The summed E-state index contributed by atoms with van der Waals surface area (Å²) in [6, 6.07) is 16.5. The molecule has 0 aliphatic heterocycles. The number of rotatable bonds is 5. The first kappa shape index (κ1) is 13.1. The van der Waals surface area contributed by atoms with Crippen molar-refractivity contribution in [3.63, 3.8) is 0 Å². The molecule has 0 heterocycles. The Morgan fingerprint density at radius 3 is 2.37 bits per heavy atom. The van der Waals surface area contributed by atoms with E-state index in [2.05, 4.69) is 5.48 Å². The molecule has 0 fully saturated rings. The molecule has 0 saturated heterocycles. The molecule has 4 heteroatoms. The molecule has 0 atom stereocenters. The van der Waals surface area contributed by atoms with Crippen LogP contribution in [-0.4, -0.2) is 13.1 Å². The molecule has 0 radical (unpaired) electrons. The Kier molecular flexibility index (Phi) is 4.53. The van der Waals surface area contributed by atoms with E-state index in [1.54, 1.807) is 24.3 Å². The molecule has 0 aromatic heterocycles. The molecular formula is C15H15NO3. The highest BCUT2D eigenvalue weighted by Crippen LogP contribution is 2.11. The van der Waals surface area contributed by atoms with Gasteiger partial charge in [0.15, 0.2) is 0 Å². The highest BCUT2D eigenvalue weighted by Gasteiger charge is 2.07. The molecule has 19 heavy (non-hydrogen) atoms. The zero-order valence-corrected chi connectivity index (χ0v) is 10.6. The Morgan fingerprint density at radius 2 is 1.74 bits per heavy atom. The van der Waals surface area contributed by atoms with Gasteiger partial charge in [0.25, 0.3) is 0 Å². The maximum atomic E-state index is 11.8. The number of carbonyl (C=O) groups excluding carboxylic acids is 1. The number of ether oxygens (including phenoxy) is 1. The Hall–Kier alpha value is -2.33. The first-order valence-corrected chi connectivity index (χ1v) is 5.89. The molecule has 0 saturated carbocycles. The van der Waals surface area contributed by atoms with Crippen LogP contribution >= 0.6 is 0 Å². The molecule has 2 aromatic carbocycles. The normalized spacial score (nSPS) is 9.95. The predicted molar refractivity (Wildman–Crippen MR) is 72.6 cm³/mol. The number of esters is 1. The molecule has 0 aliphatic carbocycles. The van der Waals surface area contributed by atoms with Crippen LogP contribution in [0.2, 0.25) is 0 Å². The molecule has 2 rings (SSSR count). The summed E-state index contributed by atoms with van der Waals surface area (Å²) in [5.41, 5.74) is 4.94. The van der Waals surface area contributed by atoms with Crippen molar-refractivity contribution in [1.29, 1.82) is 0 Å². The van der Waals surface area contributed by atoms with Crippen molar-refractivity contribution in [2.45, 2.75) is 6.61 Å². The van der Waals surface area contributed by atoms with Crippen LogP contribution in [-0.2, 0) is 16.2 Å². The third-order valence-corrected chi connectivity index (χ3v) is 2.55. The van der Waals surface area contributed by atoms with E-state index in [1.165, 1.54) is 7.11 Å². The van der Waals surface area contributed by atoms with Crippen molar-refractivity contribution in [3.05, 3.63) is 65.7 Å². The lowest BCUT2D eigenvalue weighted by molar-refractivity contribution is 0.0472. The molecule has 0 bridgehead atoms. The van der Waals surface area contributed by atoms with E-state index in [1.807, 2.05) is 30.3 Å². The lowest BCUT2D eigenvalue weighted by Gasteiger charge is -2.06. The van der Waals surface area contributed by atoms with Gasteiger partial charge < -0.3 is 4.74 Å². The van der Waals surface area contributed by atoms with Crippen molar-refractivity contribution in [3.8, 4) is 0 Å². The van der Waals surface area contributed by atoms with Crippen molar-refractivity contribution in [2.75, 3.05) is 12.6 Å². The topological polar surface area (TPSA) is 47.6 Å². The molecule has 0 aliphatic rings. The number of carbonyl (C=O) groups is 1. The largest absolute Gasteiger partial charge is 0.457 e. The van der Waals surface area contributed by atoms with Gasteiger partial charge in [0, 0.05) is 0 Å². The van der Waals surface area contributed by atoms with E-state index in [-0.39, 0.29) is 12.6 Å². The van der Waals surface area contributed by atoms with E-state index in [0.717, 1.165) is 11.3 Å². The van der Waals surface area contributed by atoms with Crippen LogP contribution in [0.4, 0.5) is 5.69 Å². The fourth-order valence-electron chi connectivity index (χ4n) is 1.60. The maximum absolute atomic E-state index is 11.8. The maximum Gasteiger partial charge on any atom is 0.338 e. The summed E-state index contributed by atoms with van der Waals surface area (Å²) >= 11 is 0. The molecule has 98 valence electrons. The zero-order valence-electron chi connectivity index (χ0n) is 10.6. The Labute approximate surface area is 111 Å². The number of hydrogen-bond donors (Lipinski definition) is 1. The lowest BCUT2D eigenvalue weighted by atomic mass is 10.2. The van der Waals surface area contributed by atoms with Crippen molar-refractivity contribution >= 4 is 11.7 Å². The Morgan fingerprint density at radius 1 is 1.05 bits per heavy atom. The Bertz CT molecular complexity index is 523. The number of hydrogen-bond acceptors (Lipinski definition) is 4. The fraction of sp³-hybridized carbons (Fsp3) is 0.133. The number of anilines is 1. The van der Waals surface area contributed by atoms with Gasteiger partial charge in [0.05, 0.1) is 18.4 Å². The zero-order chi connectivity index (χ0) is 13.5. The van der Waals surface area contributed by atoms with E-state index in [0.29, 0.717) is 5.56 Å². The molecule has 0 amide bonds. The van der Waals surface area contributed by atoms with Gasteiger partial charge in [-0.1, -0.05) is 30.3 Å². The fourth-order valence-corrected chi connectivity index (χ4v) is 1.60. The summed E-state index contributed by atoms with van der Waals surface area (Å²) in [5.74, 6) is -0.340. The monoisotopic (exact) mass is 257 g/mol. The van der Waals surface area contributed by atoms with E-state index in [9.17, 15) is 4.79 Å². The molecule has 0 unspecified atom stereocenters. The third-order valence-electron chi connectivity index (χ3n) is 2.55. The SMILES string of the molecule is CONc1ccc(C(=O)OCc2ccccc2)cc1. The van der Waals surface area contributed by atoms with Gasteiger partial charge >= 0.3 is 5.97 Å². The number of nitrogens with one attached hydrogen (secondary N) is 1. The van der Waals surface area contributed by atoms with Gasteiger partial charge in [-0.05, 0) is 29.8 Å². The third kappa shape index (κ3) is 3.82. The molecule has 4 nitrogen and oxygen atoms in total. The van der Waals surface area contributed by atoms with Crippen LogP contribution in [0, 0.1) is 0 Å². The van der Waals surface area contributed by atoms with Crippen LogP contribution in [0.15, 0.2) is 54.6 Å². The molecule has 0 spiro atoms. The second kappa shape index (κ2) is 6.56. The smallest absolute Gasteiger partial charge is 0.338 e. The second-order valence-electron chi connectivity index (χ2n) is 3.95. The Balaban J connectivity index is 1.92. The van der Waals surface area contributed by atoms with Gasteiger partial charge in [-0.3, -0.25) is 10.3 Å². The van der Waals surface area contributed by atoms with Gasteiger partial charge in [-0.25, -0.2) is 4.79 Å². The number of benzene rings is 2. The van der Waals surface area contributed by atoms with Crippen molar-refractivity contribution in [2.24, 2.45) is 0 Å². The predicted octanol–water partition coefficient (Wildman–Crippen LogP) is 3.02. The first-order valence-electron chi connectivity index (χ1n) is 5.89. The quantitative estimate of drug-likeness (QED) is 0.660. The second-order valence-corrected chi connectivity index (χ2v) is 3.95. The van der Waals surface area contributed by atoms with Crippen LogP contribution in [0.1, 0.15) is 15.9 Å². The van der Waals surface area contributed by atoms with Gasteiger partial charge in [-0.2, -0.15) is 0 Å². The summed E-state index contributed by atoms with van der Waals surface area (Å²) < 4.78 is 5.22. The summed E-state index contributed by atoms with van der Waals surface area (Å²) in [6.07, 6.45) is 0. The average molecular weight is 257 g/mol. The molecular weight excluding hydrogens is 242 g/mol. The lowest BCUT2D eigenvalue weighted by Crippen LogP contribution is -2.05. The summed E-state index contributed by atoms with van der Waals surface area (Å²) in [4.78, 5) is 16.6. The highest BCUT2D eigenvalue weighted by atomic mass is 16.6. The minimum absolute atomic E-state index is 0.276. The van der Waals surface area contributed by atoms with Crippen molar-refractivity contribution in [1.82, 2.24) is 0 Å². The van der Waals surface area contributed by atoms with E-state index < -0.39 is 0 Å². The highest BCUT2D eigenvalue weighted by molar-refractivity contribution is 5.89. The van der Waals surface area contributed by atoms with Gasteiger partial charge in [-0.15, -0.1) is 0 Å². The van der Waals surface area contributed by atoms with Crippen LogP contribution in [0.25, 0.3) is 0 Å². The van der Waals surface area contributed by atoms with Crippen LogP contribution in [0.5, 0.6) is 0 Å². The summed E-state index contributed by atoms with van der Waals surface area (Å²) in [7, 11) is 1.53. The van der Waals surface area contributed by atoms with Crippen LogP contribution < -0.4 is 5.48 Å². The first-order chi connectivity index (χ1) is 9.29. The van der Waals surface area contributed by atoms with Gasteiger partial charge in [0.1, 0.15) is 6.61 Å². The summed E-state index contributed by atoms with van der Waals surface area (Å²) in [6.45, 7) is 0.276. The van der Waals surface area contributed by atoms with Gasteiger partial charge in [0.2, 0.25) is 0 Å².